The van der Waals surface area contributed by atoms with Gasteiger partial charge in [0.1, 0.15) is 0 Å². The monoisotopic (exact) mass is 298 g/mol. The third-order valence-electron chi connectivity index (χ3n) is 3.91. The van der Waals surface area contributed by atoms with Gasteiger partial charge in [0, 0.05) is 17.5 Å². The molecular weight excluding hydrogens is 268 g/mol. The Bertz CT molecular complexity index is 393. The molecule has 0 heterocycles. The van der Waals surface area contributed by atoms with Crippen molar-refractivity contribution in [1.29, 1.82) is 0 Å². The number of nitrogens with one attached hydrogen (secondary N) is 2. The molecule has 0 radical (unpaired) electrons. The van der Waals surface area contributed by atoms with Crippen LogP contribution < -0.4 is 10.6 Å². The fourth-order valence-corrected chi connectivity index (χ4v) is 3.46. The van der Waals surface area contributed by atoms with Crippen LogP contribution in [0.15, 0.2) is 0 Å². The molecule has 0 aromatic carbocycles. The van der Waals surface area contributed by atoms with Crippen LogP contribution in [0.3, 0.4) is 0 Å². The van der Waals surface area contributed by atoms with E-state index < -0.39 is 0 Å². The topological polar surface area (TPSA) is 67.4 Å². The van der Waals surface area contributed by atoms with E-state index in [1.54, 1.807) is 6.92 Å². The van der Waals surface area contributed by atoms with Crippen molar-refractivity contribution in [2.45, 2.75) is 72.4 Å². The van der Waals surface area contributed by atoms with Crippen molar-refractivity contribution in [3.63, 3.8) is 0 Å². The molecule has 5 nitrogen and oxygen atoms in total. The van der Waals surface area contributed by atoms with Crippen molar-refractivity contribution in [2.75, 3.05) is 6.61 Å². The molecule has 0 saturated heterocycles. The molecule has 1 saturated carbocycles. The number of rotatable bonds is 4. The molecule has 0 aromatic rings. The van der Waals surface area contributed by atoms with Gasteiger partial charge in [0.05, 0.1) is 6.61 Å². The Hall–Kier alpha value is -1.26. The van der Waals surface area contributed by atoms with Crippen LogP contribution in [-0.4, -0.2) is 30.2 Å². The Morgan fingerprint density at radius 1 is 1.24 bits per heavy atom. The van der Waals surface area contributed by atoms with Crippen LogP contribution in [-0.2, 0) is 9.53 Å². The average molecular weight is 298 g/mol. The van der Waals surface area contributed by atoms with Crippen molar-refractivity contribution in [1.82, 2.24) is 10.6 Å². The molecule has 21 heavy (non-hydrogen) atoms. The fourth-order valence-electron chi connectivity index (χ4n) is 3.46. The fraction of sp³-hybridized carbons (Fsp3) is 0.875. The molecule has 1 aliphatic rings. The minimum absolute atomic E-state index is 0.0188. The summed E-state index contributed by atoms with van der Waals surface area (Å²) >= 11 is 0. The zero-order chi connectivity index (χ0) is 16.3. The van der Waals surface area contributed by atoms with Gasteiger partial charge in [0.2, 0.25) is 5.91 Å². The molecule has 1 fully saturated rings. The van der Waals surface area contributed by atoms with Crippen molar-refractivity contribution in [3.8, 4) is 0 Å². The first-order valence-electron chi connectivity index (χ1n) is 7.82. The standard InChI is InChI=1S/C16H30N2O3/c1-7-21-14(20)17-12-8-15(4,5)10-16(6,9-12)18-13(19)11(2)3/h11-12H,7-10H2,1-6H3,(H,17,20)(H,18,19). The quantitative estimate of drug-likeness (QED) is 0.838. The largest absolute Gasteiger partial charge is 0.450 e. The molecule has 0 bridgehead atoms. The first-order chi connectivity index (χ1) is 9.57. The van der Waals surface area contributed by atoms with Crippen molar-refractivity contribution < 1.29 is 14.3 Å². The van der Waals surface area contributed by atoms with E-state index in [2.05, 4.69) is 31.4 Å². The predicted octanol–water partition coefficient (Wildman–Crippen LogP) is 2.84. The van der Waals surface area contributed by atoms with Gasteiger partial charge in [-0.3, -0.25) is 4.79 Å². The Kier molecular flexibility index (Phi) is 5.65. The first kappa shape index (κ1) is 17.8. The van der Waals surface area contributed by atoms with Gasteiger partial charge in [-0.15, -0.1) is 0 Å². The summed E-state index contributed by atoms with van der Waals surface area (Å²) in [5.74, 6) is 0.0217. The summed E-state index contributed by atoms with van der Waals surface area (Å²) < 4.78 is 4.96. The van der Waals surface area contributed by atoms with E-state index in [-0.39, 0.29) is 34.9 Å². The molecule has 1 aliphatic carbocycles. The van der Waals surface area contributed by atoms with Crippen molar-refractivity contribution >= 4 is 12.0 Å². The summed E-state index contributed by atoms with van der Waals surface area (Å²) in [6, 6.07) is 0.0188. The van der Waals surface area contributed by atoms with E-state index >= 15 is 0 Å². The average Bonchev–Trinajstić information content (AvgIpc) is 2.24. The smallest absolute Gasteiger partial charge is 0.407 e. The van der Waals surface area contributed by atoms with Gasteiger partial charge >= 0.3 is 6.09 Å². The summed E-state index contributed by atoms with van der Waals surface area (Å²) in [7, 11) is 0. The van der Waals surface area contributed by atoms with Crippen LogP contribution >= 0.6 is 0 Å². The number of amides is 2. The van der Waals surface area contributed by atoms with Crippen LogP contribution in [0.2, 0.25) is 0 Å². The number of hydrogen-bond donors (Lipinski definition) is 2. The molecule has 0 aromatic heterocycles. The molecule has 2 atom stereocenters. The molecule has 0 aliphatic heterocycles. The van der Waals surface area contributed by atoms with E-state index in [0.29, 0.717) is 6.61 Å². The highest BCUT2D eigenvalue weighted by Crippen LogP contribution is 2.41. The maximum Gasteiger partial charge on any atom is 0.407 e. The lowest BCUT2D eigenvalue weighted by atomic mass is 9.66. The number of ether oxygens (including phenoxy) is 1. The predicted molar refractivity (Wildman–Crippen MR) is 83.0 cm³/mol. The van der Waals surface area contributed by atoms with Crippen LogP contribution in [0.25, 0.3) is 0 Å². The molecule has 122 valence electrons. The SMILES string of the molecule is CCOC(=O)NC1CC(C)(C)CC(C)(NC(=O)C(C)C)C1. The van der Waals surface area contributed by atoms with Gasteiger partial charge in [-0.05, 0) is 38.5 Å². The van der Waals surface area contributed by atoms with Gasteiger partial charge in [-0.2, -0.15) is 0 Å². The minimum atomic E-state index is -0.377. The van der Waals surface area contributed by atoms with E-state index in [1.165, 1.54) is 0 Å². The third-order valence-corrected chi connectivity index (χ3v) is 3.91. The number of hydrogen-bond acceptors (Lipinski definition) is 3. The van der Waals surface area contributed by atoms with Crippen LogP contribution in [0.4, 0.5) is 4.79 Å². The molecule has 5 heteroatoms. The van der Waals surface area contributed by atoms with Gasteiger partial charge in [0.15, 0.2) is 0 Å². The first-order valence-corrected chi connectivity index (χ1v) is 7.82. The van der Waals surface area contributed by atoms with Crippen LogP contribution in [0.5, 0.6) is 0 Å². The Labute approximate surface area is 128 Å². The van der Waals surface area contributed by atoms with Gasteiger partial charge < -0.3 is 15.4 Å². The third kappa shape index (κ3) is 5.56. The molecule has 2 N–H and O–H groups in total. The molecule has 1 rings (SSSR count). The normalized spacial score (nSPS) is 28.0. The summed E-state index contributed by atoms with van der Waals surface area (Å²) in [6.07, 6.45) is 2.14. The number of carbonyl (C=O) groups is 2. The molecule has 2 amide bonds. The number of carbonyl (C=O) groups excluding carboxylic acids is 2. The highest BCUT2D eigenvalue weighted by atomic mass is 16.5. The van der Waals surface area contributed by atoms with Crippen molar-refractivity contribution in [3.05, 3.63) is 0 Å². The van der Waals surface area contributed by atoms with Crippen molar-refractivity contribution in [2.24, 2.45) is 11.3 Å². The second kappa shape index (κ2) is 6.67. The van der Waals surface area contributed by atoms with E-state index in [9.17, 15) is 9.59 Å². The van der Waals surface area contributed by atoms with Gasteiger partial charge in [-0.1, -0.05) is 27.7 Å². The lowest BCUT2D eigenvalue weighted by Gasteiger charge is -2.47. The lowest BCUT2D eigenvalue weighted by Crippen LogP contribution is -2.58. The highest BCUT2D eigenvalue weighted by molar-refractivity contribution is 5.78. The summed E-state index contributed by atoms with van der Waals surface area (Å²) in [5, 5.41) is 6.08. The molecule has 0 spiro atoms. The Morgan fingerprint density at radius 2 is 1.86 bits per heavy atom. The summed E-state index contributed by atoms with van der Waals surface area (Å²) in [5.41, 5.74) is -0.241. The lowest BCUT2D eigenvalue weighted by molar-refractivity contribution is -0.126. The molecular formula is C16H30N2O3. The minimum Gasteiger partial charge on any atom is -0.450 e. The number of alkyl carbamates (subject to hydrolysis) is 1. The van der Waals surface area contributed by atoms with Crippen LogP contribution in [0.1, 0.15) is 60.8 Å². The second-order valence-electron chi connectivity index (χ2n) is 7.52. The maximum atomic E-state index is 12.0. The van der Waals surface area contributed by atoms with Gasteiger partial charge in [-0.25, -0.2) is 4.79 Å². The molecule has 2 unspecified atom stereocenters. The van der Waals surface area contributed by atoms with E-state index in [4.69, 9.17) is 4.74 Å². The summed E-state index contributed by atoms with van der Waals surface area (Å²) in [6.45, 7) is 12.3. The second-order valence-corrected chi connectivity index (χ2v) is 7.52. The highest BCUT2D eigenvalue weighted by Gasteiger charge is 2.42. The maximum absolute atomic E-state index is 12.0. The zero-order valence-corrected chi connectivity index (χ0v) is 14.2. The van der Waals surface area contributed by atoms with Gasteiger partial charge in [0.25, 0.3) is 0 Å². The Balaban J connectivity index is 2.77. The Morgan fingerprint density at radius 3 is 2.38 bits per heavy atom. The van der Waals surface area contributed by atoms with E-state index in [1.807, 2.05) is 13.8 Å². The summed E-state index contributed by atoms with van der Waals surface area (Å²) in [4.78, 5) is 23.7. The van der Waals surface area contributed by atoms with Crippen LogP contribution in [0, 0.1) is 11.3 Å². The van der Waals surface area contributed by atoms with E-state index in [0.717, 1.165) is 19.3 Å². The zero-order valence-electron chi connectivity index (χ0n) is 14.2.